The number of amides is 1. The van der Waals surface area contributed by atoms with Crippen LogP contribution < -0.4 is 9.64 Å². The Morgan fingerprint density at radius 2 is 2.09 bits per heavy atom. The van der Waals surface area contributed by atoms with Crippen molar-refractivity contribution in [2.75, 3.05) is 18.6 Å². The molecule has 0 radical (unpaired) electrons. The number of hydrogen-bond acceptors (Lipinski definition) is 2. The number of carbonyl (C=O) groups excluding carboxylic acids is 1. The van der Waals surface area contributed by atoms with Crippen LogP contribution in [0.15, 0.2) is 42.5 Å². The average Bonchev–Trinajstić information content (AvgIpc) is 2.95. The molecule has 1 aliphatic rings. The summed E-state index contributed by atoms with van der Waals surface area (Å²) in [5.74, 6) is 0.623. The molecule has 3 rings (SSSR count). The van der Waals surface area contributed by atoms with Crippen molar-refractivity contribution in [1.82, 2.24) is 0 Å². The van der Waals surface area contributed by atoms with Gasteiger partial charge in [0.05, 0.1) is 7.11 Å². The van der Waals surface area contributed by atoms with E-state index >= 15 is 0 Å². The number of ether oxygens (including phenoxy) is 1. The van der Waals surface area contributed by atoms with Gasteiger partial charge < -0.3 is 9.64 Å². The van der Waals surface area contributed by atoms with Crippen LogP contribution in [-0.4, -0.2) is 19.6 Å². The van der Waals surface area contributed by atoms with Crippen molar-refractivity contribution < 1.29 is 13.9 Å². The Morgan fingerprint density at radius 1 is 1.27 bits per heavy atom. The Morgan fingerprint density at radius 3 is 2.91 bits per heavy atom. The third kappa shape index (κ3) is 2.82. The van der Waals surface area contributed by atoms with Gasteiger partial charge in [-0.05, 0) is 48.2 Å². The molecule has 114 valence electrons. The summed E-state index contributed by atoms with van der Waals surface area (Å²) in [6, 6.07) is 12.3. The lowest BCUT2D eigenvalue weighted by molar-refractivity contribution is -0.118. The zero-order chi connectivity index (χ0) is 15.5. The summed E-state index contributed by atoms with van der Waals surface area (Å²) in [4.78, 5) is 14.2. The number of hydrogen-bond donors (Lipinski definition) is 0. The summed E-state index contributed by atoms with van der Waals surface area (Å²) in [7, 11) is 1.63. The molecule has 0 saturated carbocycles. The van der Waals surface area contributed by atoms with Gasteiger partial charge in [0.2, 0.25) is 5.91 Å². The predicted molar refractivity (Wildman–Crippen MR) is 83.8 cm³/mol. The third-order valence-electron chi connectivity index (χ3n) is 4.04. The number of aryl methyl sites for hydroxylation is 1. The van der Waals surface area contributed by atoms with Crippen LogP contribution in [0.5, 0.6) is 5.75 Å². The highest BCUT2D eigenvalue weighted by Gasteiger charge is 2.24. The summed E-state index contributed by atoms with van der Waals surface area (Å²) in [6.45, 7) is 0.629. The number of anilines is 1. The number of para-hydroxylation sites is 1. The maximum absolute atomic E-state index is 13.2. The minimum Gasteiger partial charge on any atom is -0.496 e. The third-order valence-corrected chi connectivity index (χ3v) is 4.04. The van der Waals surface area contributed by atoms with Crippen LogP contribution in [0.25, 0.3) is 0 Å². The SMILES string of the molecule is COc1ccccc1CCC(=O)N1CCc2cc(F)ccc21. The Labute approximate surface area is 129 Å². The number of benzene rings is 2. The molecule has 22 heavy (non-hydrogen) atoms. The van der Waals surface area contributed by atoms with Gasteiger partial charge in [-0.3, -0.25) is 4.79 Å². The average molecular weight is 299 g/mol. The molecule has 0 N–H and O–H groups in total. The van der Waals surface area contributed by atoms with Crippen LogP contribution in [0.4, 0.5) is 10.1 Å². The van der Waals surface area contributed by atoms with Crippen LogP contribution in [0.3, 0.4) is 0 Å². The molecule has 4 heteroatoms. The number of nitrogens with zero attached hydrogens (tertiary/aromatic N) is 1. The van der Waals surface area contributed by atoms with Crippen molar-refractivity contribution in [3.63, 3.8) is 0 Å². The van der Waals surface area contributed by atoms with E-state index in [1.165, 1.54) is 12.1 Å². The maximum atomic E-state index is 13.2. The number of rotatable bonds is 4. The summed E-state index contributed by atoms with van der Waals surface area (Å²) < 4.78 is 18.5. The molecule has 0 atom stereocenters. The zero-order valence-corrected chi connectivity index (χ0v) is 12.5. The van der Waals surface area contributed by atoms with Crippen LogP contribution in [0, 0.1) is 5.82 Å². The second-order valence-electron chi connectivity index (χ2n) is 5.38. The Hall–Kier alpha value is -2.36. The van der Waals surface area contributed by atoms with Gasteiger partial charge in [-0.1, -0.05) is 18.2 Å². The first-order valence-corrected chi connectivity index (χ1v) is 7.39. The number of fused-ring (bicyclic) bond motifs is 1. The molecule has 1 amide bonds. The number of methoxy groups -OCH3 is 1. The highest BCUT2D eigenvalue weighted by molar-refractivity contribution is 5.95. The smallest absolute Gasteiger partial charge is 0.227 e. The summed E-state index contributed by atoms with van der Waals surface area (Å²) in [5.41, 5.74) is 2.77. The van der Waals surface area contributed by atoms with Gasteiger partial charge in [0.15, 0.2) is 0 Å². The number of halogens is 1. The van der Waals surface area contributed by atoms with Crippen LogP contribution in [0.2, 0.25) is 0 Å². The van der Waals surface area contributed by atoms with Crippen molar-refractivity contribution in [2.45, 2.75) is 19.3 Å². The van der Waals surface area contributed by atoms with Gasteiger partial charge >= 0.3 is 0 Å². The number of carbonyl (C=O) groups is 1. The maximum Gasteiger partial charge on any atom is 0.227 e. The molecule has 0 aliphatic carbocycles. The summed E-state index contributed by atoms with van der Waals surface area (Å²) in [6.07, 6.45) is 1.76. The normalized spacial score (nSPS) is 13.1. The molecular weight excluding hydrogens is 281 g/mol. The second-order valence-corrected chi connectivity index (χ2v) is 5.38. The molecule has 0 spiro atoms. The Balaban J connectivity index is 1.69. The molecule has 0 saturated heterocycles. The van der Waals surface area contributed by atoms with Gasteiger partial charge in [-0.15, -0.1) is 0 Å². The predicted octanol–water partition coefficient (Wildman–Crippen LogP) is 3.36. The van der Waals surface area contributed by atoms with Crippen LogP contribution in [0.1, 0.15) is 17.5 Å². The van der Waals surface area contributed by atoms with E-state index in [4.69, 9.17) is 4.74 Å². The fourth-order valence-electron chi connectivity index (χ4n) is 2.92. The highest BCUT2D eigenvalue weighted by atomic mass is 19.1. The summed E-state index contributed by atoms with van der Waals surface area (Å²) in [5, 5.41) is 0. The largest absolute Gasteiger partial charge is 0.496 e. The minimum absolute atomic E-state index is 0.0660. The lowest BCUT2D eigenvalue weighted by Crippen LogP contribution is -2.29. The fourth-order valence-corrected chi connectivity index (χ4v) is 2.92. The van der Waals surface area contributed by atoms with E-state index in [2.05, 4.69) is 0 Å². The summed E-state index contributed by atoms with van der Waals surface area (Å²) >= 11 is 0. The van der Waals surface area contributed by atoms with Crippen molar-refractivity contribution in [2.24, 2.45) is 0 Å². The quantitative estimate of drug-likeness (QED) is 0.866. The van der Waals surface area contributed by atoms with Gasteiger partial charge in [-0.25, -0.2) is 4.39 Å². The molecular formula is C18H18FNO2. The monoisotopic (exact) mass is 299 g/mol. The van der Waals surface area contributed by atoms with E-state index in [-0.39, 0.29) is 11.7 Å². The first-order valence-electron chi connectivity index (χ1n) is 7.39. The van der Waals surface area contributed by atoms with E-state index in [0.29, 0.717) is 25.8 Å². The molecule has 3 nitrogen and oxygen atoms in total. The van der Waals surface area contributed by atoms with Crippen molar-refractivity contribution in [3.05, 3.63) is 59.4 Å². The fraction of sp³-hybridized carbons (Fsp3) is 0.278. The van der Waals surface area contributed by atoms with Crippen molar-refractivity contribution in [3.8, 4) is 5.75 Å². The van der Waals surface area contributed by atoms with E-state index in [9.17, 15) is 9.18 Å². The molecule has 2 aromatic carbocycles. The van der Waals surface area contributed by atoms with E-state index < -0.39 is 0 Å². The first-order chi connectivity index (χ1) is 10.7. The van der Waals surface area contributed by atoms with E-state index in [1.54, 1.807) is 18.1 Å². The van der Waals surface area contributed by atoms with Gasteiger partial charge in [-0.2, -0.15) is 0 Å². The van der Waals surface area contributed by atoms with E-state index in [1.807, 2.05) is 24.3 Å². The Kier molecular flexibility index (Phi) is 4.09. The van der Waals surface area contributed by atoms with Gasteiger partial charge in [0, 0.05) is 18.7 Å². The topological polar surface area (TPSA) is 29.5 Å². The van der Waals surface area contributed by atoms with Crippen molar-refractivity contribution in [1.29, 1.82) is 0 Å². The standard InChI is InChI=1S/C18H18FNO2/c1-22-17-5-3-2-4-13(17)6-9-18(21)20-11-10-14-12-15(19)7-8-16(14)20/h2-5,7-8,12H,6,9-11H2,1H3. The molecule has 1 heterocycles. The first kappa shape index (κ1) is 14.6. The molecule has 0 unspecified atom stereocenters. The lowest BCUT2D eigenvalue weighted by Gasteiger charge is -2.17. The molecule has 0 fully saturated rings. The van der Waals surface area contributed by atoms with Crippen molar-refractivity contribution >= 4 is 11.6 Å². The zero-order valence-electron chi connectivity index (χ0n) is 12.5. The molecule has 0 bridgehead atoms. The van der Waals surface area contributed by atoms with E-state index in [0.717, 1.165) is 22.6 Å². The minimum atomic E-state index is -0.248. The Bertz CT molecular complexity index is 699. The van der Waals surface area contributed by atoms with Crippen LogP contribution >= 0.6 is 0 Å². The van der Waals surface area contributed by atoms with Gasteiger partial charge in [0.1, 0.15) is 11.6 Å². The molecule has 0 aromatic heterocycles. The second kappa shape index (κ2) is 6.18. The van der Waals surface area contributed by atoms with Gasteiger partial charge in [0.25, 0.3) is 0 Å². The highest BCUT2D eigenvalue weighted by Crippen LogP contribution is 2.29. The molecule has 1 aliphatic heterocycles. The molecule has 2 aromatic rings. The lowest BCUT2D eigenvalue weighted by atomic mass is 10.1. The van der Waals surface area contributed by atoms with Crippen LogP contribution in [-0.2, 0) is 17.6 Å².